The molecule has 0 aliphatic heterocycles. The largest absolute Gasteiger partial charge is 0.475 e. The number of carboxylic acids is 1. The quantitative estimate of drug-likeness (QED) is 0.787. The minimum atomic E-state index is -1.04. The number of hydrogen-bond donors (Lipinski definition) is 1. The predicted molar refractivity (Wildman–Crippen MR) is 74.8 cm³/mol. The predicted octanol–water partition coefficient (Wildman–Crippen LogP) is 3.31. The number of nitrogens with zero attached hydrogens (tertiary/aromatic N) is 1. The van der Waals surface area contributed by atoms with Gasteiger partial charge >= 0.3 is 5.97 Å². The molecule has 0 fully saturated rings. The van der Waals surface area contributed by atoms with Crippen LogP contribution in [0.25, 0.3) is 11.0 Å². The molecule has 0 radical (unpaired) electrons. The molecule has 0 aliphatic carbocycles. The van der Waals surface area contributed by atoms with Gasteiger partial charge in [-0.1, -0.05) is 18.2 Å². The zero-order chi connectivity index (χ0) is 13.9. The summed E-state index contributed by atoms with van der Waals surface area (Å²) in [6, 6.07) is 11.3. The number of pyridine rings is 1. The smallest absolute Gasteiger partial charge is 0.371 e. The topological polar surface area (TPSA) is 63.3 Å². The SMILES string of the molecule is O=C(O)c1cc2ccc(CCc3cccnc3)cc2o1. The monoisotopic (exact) mass is 267 g/mol. The number of carbonyl (C=O) groups is 1. The van der Waals surface area contributed by atoms with E-state index in [2.05, 4.69) is 4.98 Å². The fourth-order valence-electron chi connectivity index (χ4n) is 2.17. The van der Waals surface area contributed by atoms with Gasteiger partial charge in [0.05, 0.1) is 0 Å². The molecule has 0 saturated carbocycles. The average Bonchev–Trinajstić information content (AvgIpc) is 2.89. The molecule has 4 nitrogen and oxygen atoms in total. The normalized spacial score (nSPS) is 10.8. The lowest BCUT2D eigenvalue weighted by atomic mass is 10.0. The Morgan fingerprint density at radius 2 is 2.00 bits per heavy atom. The van der Waals surface area contributed by atoms with Gasteiger partial charge in [-0.25, -0.2) is 4.79 Å². The summed E-state index contributed by atoms with van der Waals surface area (Å²) in [4.78, 5) is 15.0. The van der Waals surface area contributed by atoms with Gasteiger partial charge in [0.15, 0.2) is 0 Å². The molecule has 0 atom stereocenters. The Morgan fingerprint density at radius 3 is 2.75 bits per heavy atom. The minimum absolute atomic E-state index is 0.0237. The lowest BCUT2D eigenvalue weighted by molar-refractivity contribution is 0.0665. The Hall–Kier alpha value is -2.62. The Kier molecular flexibility index (Phi) is 3.21. The van der Waals surface area contributed by atoms with Crippen LogP contribution in [-0.4, -0.2) is 16.1 Å². The fraction of sp³-hybridized carbons (Fsp3) is 0.125. The van der Waals surface area contributed by atoms with Crippen LogP contribution in [0, 0.1) is 0 Å². The van der Waals surface area contributed by atoms with Gasteiger partial charge in [0.1, 0.15) is 5.58 Å². The molecule has 2 aromatic heterocycles. The van der Waals surface area contributed by atoms with E-state index in [1.165, 1.54) is 5.56 Å². The molecular formula is C16H13NO3. The molecule has 1 aromatic carbocycles. The van der Waals surface area contributed by atoms with Crippen molar-refractivity contribution in [2.24, 2.45) is 0 Å². The highest BCUT2D eigenvalue weighted by molar-refractivity contribution is 5.91. The van der Waals surface area contributed by atoms with Crippen LogP contribution in [0.1, 0.15) is 21.7 Å². The van der Waals surface area contributed by atoms with Gasteiger partial charge < -0.3 is 9.52 Å². The van der Waals surface area contributed by atoms with Crippen LogP contribution in [0.15, 0.2) is 53.2 Å². The molecule has 0 bridgehead atoms. The van der Waals surface area contributed by atoms with Crippen LogP contribution in [0.3, 0.4) is 0 Å². The van der Waals surface area contributed by atoms with E-state index in [9.17, 15) is 4.79 Å². The number of hydrogen-bond acceptors (Lipinski definition) is 3. The maximum atomic E-state index is 10.9. The lowest BCUT2D eigenvalue weighted by Crippen LogP contribution is -1.91. The van der Waals surface area contributed by atoms with Crippen molar-refractivity contribution >= 4 is 16.9 Å². The van der Waals surface area contributed by atoms with Crippen molar-refractivity contribution in [3.63, 3.8) is 0 Å². The number of aryl methyl sites for hydroxylation is 2. The van der Waals surface area contributed by atoms with Crippen LogP contribution in [-0.2, 0) is 12.8 Å². The molecule has 0 aliphatic rings. The van der Waals surface area contributed by atoms with Crippen molar-refractivity contribution in [3.05, 3.63) is 65.7 Å². The van der Waals surface area contributed by atoms with Crippen LogP contribution >= 0.6 is 0 Å². The van der Waals surface area contributed by atoms with E-state index in [1.54, 1.807) is 12.3 Å². The number of benzene rings is 1. The second kappa shape index (κ2) is 5.17. The summed E-state index contributed by atoms with van der Waals surface area (Å²) < 4.78 is 5.31. The third-order valence-corrected chi connectivity index (χ3v) is 3.22. The van der Waals surface area contributed by atoms with Gasteiger partial charge in [0.2, 0.25) is 5.76 Å². The maximum Gasteiger partial charge on any atom is 0.371 e. The average molecular weight is 267 g/mol. The molecule has 0 unspecified atom stereocenters. The summed E-state index contributed by atoms with van der Waals surface area (Å²) in [7, 11) is 0. The number of furan rings is 1. The van der Waals surface area contributed by atoms with E-state index in [0.717, 1.165) is 23.8 Å². The van der Waals surface area contributed by atoms with E-state index in [1.807, 2.05) is 36.5 Å². The van der Waals surface area contributed by atoms with Crippen LogP contribution in [0.4, 0.5) is 0 Å². The van der Waals surface area contributed by atoms with E-state index in [4.69, 9.17) is 9.52 Å². The molecule has 0 saturated heterocycles. The Labute approximate surface area is 115 Å². The number of rotatable bonds is 4. The van der Waals surface area contributed by atoms with Crippen molar-refractivity contribution < 1.29 is 14.3 Å². The highest BCUT2D eigenvalue weighted by Crippen LogP contribution is 2.21. The molecule has 100 valence electrons. The van der Waals surface area contributed by atoms with Crippen molar-refractivity contribution in [2.75, 3.05) is 0 Å². The van der Waals surface area contributed by atoms with Gasteiger partial charge in [0, 0.05) is 17.8 Å². The second-order valence-electron chi connectivity index (χ2n) is 4.65. The van der Waals surface area contributed by atoms with Crippen LogP contribution < -0.4 is 0 Å². The summed E-state index contributed by atoms with van der Waals surface area (Å²) >= 11 is 0. The third-order valence-electron chi connectivity index (χ3n) is 3.22. The molecule has 3 rings (SSSR count). The molecule has 0 amide bonds. The summed E-state index contributed by atoms with van der Waals surface area (Å²) in [5.41, 5.74) is 2.91. The number of aromatic carboxylic acids is 1. The molecule has 0 spiro atoms. The zero-order valence-electron chi connectivity index (χ0n) is 10.7. The third kappa shape index (κ3) is 2.54. The van der Waals surface area contributed by atoms with Crippen molar-refractivity contribution in [2.45, 2.75) is 12.8 Å². The number of fused-ring (bicyclic) bond motifs is 1. The zero-order valence-corrected chi connectivity index (χ0v) is 10.7. The second-order valence-corrected chi connectivity index (χ2v) is 4.65. The highest BCUT2D eigenvalue weighted by Gasteiger charge is 2.10. The Morgan fingerprint density at radius 1 is 1.15 bits per heavy atom. The van der Waals surface area contributed by atoms with Gasteiger partial charge in [-0.05, 0) is 42.2 Å². The van der Waals surface area contributed by atoms with Crippen LogP contribution in [0.5, 0.6) is 0 Å². The molecule has 3 aromatic rings. The first-order chi connectivity index (χ1) is 9.72. The molecule has 1 N–H and O–H groups in total. The van der Waals surface area contributed by atoms with Gasteiger partial charge in [-0.3, -0.25) is 4.98 Å². The van der Waals surface area contributed by atoms with Gasteiger partial charge in [-0.15, -0.1) is 0 Å². The van der Waals surface area contributed by atoms with E-state index in [0.29, 0.717) is 5.58 Å². The van der Waals surface area contributed by atoms with Gasteiger partial charge in [0.25, 0.3) is 0 Å². The van der Waals surface area contributed by atoms with Gasteiger partial charge in [-0.2, -0.15) is 0 Å². The number of carboxylic acid groups (broad SMARTS) is 1. The van der Waals surface area contributed by atoms with Crippen LogP contribution in [0.2, 0.25) is 0 Å². The number of aromatic nitrogens is 1. The first-order valence-corrected chi connectivity index (χ1v) is 6.37. The first kappa shape index (κ1) is 12.4. The maximum absolute atomic E-state index is 10.9. The summed E-state index contributed by atoms with van der Waals surface area (Å²) in [6.07, 6.45) is 5.37. The van der Waals surface area contributed by atoms with E-state index >= 15 is 0 Å². The standard InChI is InChI=1S/C16H13NO3/c18-16(19)15-9-13-6-5-11(8-14(13)20-15)3-4-12-2-1-7-17-10-12/h1-2,5-10H,3-4H2,(H,18,19). The lowest BCUT2D eigenvalue weighted by Gasteiger charge is -2.01. The molecule has 20 heavy (non-hydrogen) atoms. The Balaban J connectivity index is 1.80. The van der Waals surface area contributed by atoms with E-state index in [-0.39, 0.29) is 5.76 Å². The summed E-state index contributed by atoms with van der Waals surface area (Å²) in [6.45, 7) is 0. The van der Waals surface area contributed by atoms with Crippen molar-refractivity contribution in [1.82, 2.24) is 4.98 Å². The van der Waals surface area contributed by atoms with E-state index < -0.39 is 5.97 Å². The first-order valence-electron chi connectivity index (χ1n) is 6.37. The molecular weight excluding hydrogens is 254 g/mol. The Bertz CT molecular complexity index is 747. The van der Waals surface area contributed by atoms with Crippen molar-refractivity contribution in [3.8, 4) is 0 Å². The molecule has 4 heteroatoms. The summed E-state index contributed by atoms with van der Waals surface area (Å²) in [5.74, 6) is -1.07. The highest BCUT2D eigenvalue weighted by atomic mass is 16.4. The molecule has 2 heterocycles. The fourth-order valence-corrected chi connectivity index (χ4v) is 2.17. The minimum Gasteiger partial charge on any atom is -0.475 e. The summed E-state index contributed by atoms with van der Waals surface area (Å²) in [5, 5.41) is 9.72. The van der Waals surface area contributed by atoms with Crippen molar-refractivity contribution in [1.29, 1.82) is 0 Å².